The van der Waals surface area contributed by atoms with Crippen molar-refractivity contribution >= 4 is 39.9 Å². The van der Waals surface area contributed by atoms with Gasteiger partial charge in [0.2, 0.25) is 0 Å². The molecule has 1 atom stereocenters. The van der Waals surface area contributed by atoms with E-state index in [1.807, 2.05) is 12.3 Å². The fourth-order valence-corrected chi connectivity index (χ4v) is 3.38. The normalized spacial score (nSPS) is 20.5. The number of hydrogen-bond donors (Lipinski definition) is 0. The van der Waals surface area contributed by atoms with Crippen LogP contribution in [0, 0.1) is 9.49 Å². The molecule has 1 fully saturated rings. The fourth-order valence-electron chi connectivity index (χ4n) is 2.60. The summed E-state index contributed by atoms with van der Waals surface area (Å²) in [4.78, 5) is 8.85. The average Bonchev–Trinajstić information content (AvgIpc) is 2.32. The molecule has 1 aliphatic heterocycles. The van der Waals surface area contributed by atoms with Gasteiger partial charge in [0.1, 0.15) is 5.15 Å². The lowest BCUT2D eigenvalue weighted by molar-refractivity contribution is 0.292. The maximum Gasteiger partial charge on any atom is 0.131 e. The van der Waals surface area contributed by atoms with E-state index in [4.69, 9.17) is 11.6 Å². The van der Waals surface area contributed by atoms with Gasteiger partial charge in [-0.1, -0.05) is 11.6 Å². The van der Waals surface area contributed by atoms with Crippen molar-refractivity contribution in [3.63, 3.8) is 0 Å². The second kappa shape index (κ2) is 6.39. The third-order valence-corrected chi connectivity index (χ3v) is 4.32. The number of nitrogens with zero attached hydrogens (tertiary/aromatic N) is 3. The van der Waals surface area contributed by atoms with Crippen LogP contribution in [0.1, 0.15) is 12.8 Å². The molecule has 1 aromatic rings. The quantitative estimate of drug-likeness (QED) is 0.594. The Balaban J connectivity index is 2.10. The highest BCUT2D eigenvalue weighted by atomic mass is 127. The molecular formula is C13H19ClIN3. The molecule has 2 rings (SSSR count). The monoisotopic (exact) mass is 379 g/mol. The molecule has 1 saturated heterocycles. The average molecular weight is 380 g/mol. The van der Waals surface area contributed by atoms with Gasteiger partial charge in [0.15, 0.2) is 0 Å². The van der Waals surface area contributed by atoms with Crippen molar-refractivity contribution in [2.75, 3.05) is 38.6 Å². The second-order valence-electron chi connectivity index (χ2n) is 5.17. The maximum atomic E-state index is 6.01. The van der Waals surface area contributed by atoms with E-state index in [-0.39, 0.29) is 0 Å². The molecule has 2 heterocycles. The van der Waals surface area contributed by atoms with Crippen molar-refractivity contribution in [2.45, 2.75) is 12.8 Å². The van der Waals surface area contributed by atoms with Crippen LogP contribution in [0.2, 0.25) is 5.15 Å². The minimum absolute atomic E-state index is 0.583. The first-order chi connectivity index (χ1) is 8.56. The zero-order valence-electron chi connectivity index (χ0n) is 10.9. The van der Waals surface area contributed by atoms with Crippen LogP contribution in [-0.4, -0.2) is 43.6 Å². The van der Waals surface area contributed by atoms with Gasteiger partial charge in [-0.05, 0) is 61.5 Å². The molecule has 1 aromatic heterocycles. The minimum Gasteiger partial charge on any atom is -0.370 e. The van der Waals surface area contributed by atoms with E-state index < -0.39 is 0 Å². The van der Waals surface area contributed by atoms with Crippen molar-refractivity contribution in [1.29, 1.82) is 0 Å². The zero-order chi connectivity index (χ0) is 13.1. The van der Waals surface area contributed by atoms with Crippen LogP contribution >= 0.6 is 34.2 Å². The topological polar surface area (TPSA) is 19.4 Å². The molecule has 0 radical (unpaired) electrons. The first-order valence-corrected chi connectivity index (χ1v) is 7.72. The molecule has 0 aromatic carbocycles. The first-order valence-electron chi connectivity index (χ1n) is 6.27. The van der Waals surface area contributed by atoms with Crippen LogP contribution in [0.3, 0.4) is 0 Å². The van der Waals surface area contributed by atoms with Crippen molar-refractivity contribution in [2.24, 2.45) is 5.92 Å². The Hall–Kier alpha value is -0.0700. The lowest BCUT2D eigenvalue weighted by Crippen LogP contribution is -2.39. The molecule has 100 valence electrons. The van der Waals surface area contributed by atoms with Gasteiger partial charge in [0.25, 0.3) is 0 Å². The van der Waals surface area contributed by atoms with Crippen LogP contribution in [0.15, 0.2) is 12.3 Å². The Labute approximate surface area is 128 Å². The number of piperidine rings is 1. The van der Waals surface area contributed by atoms with Gasteiger partial charge in [0, 0.05) is 25.8 Å². The van der Waals surface area contributed by atoms with E-state index >= 15 is 0 Å². The summed E-state index contributed by atoms with van der Waals surface area (Å²) in [7, 11) is 4.29. The molecule has 0 N–H and O–H groups in total. The van der Waals surface area contributed by atoms with E-state index in [0.29, 0.717) is 5.15 Å². The Morgan fingerprint density at radius 1 is 1.56 bits per heavy atom. The summed E-state index contributed by atoms with van der Waals surface area (Å²) in [5.74, 6) is 0.747. The van der Waals surface area contributed by atoms with Gasteiger partial charge in [-0.2, -0.15) is 0 Å². The van der Waals surface area contributed by atoms with Crippen molar-refractivity contribution in [3.05, 3.63) is 21.0 Å². The summed E-state index contributed by atoms with van der Waals surface area (Å²) in [5, 5.41) is 0.583. The molecule has 0 saturated carbocycles. The fraction of sp³-hybridized carbons (Fsp3) is 0.615. The first kappa shape index (κ1) is 14.3. The van der Waals surface area contributed by atoms with Crippen LogP contribution in [-0.2, 0) is 0 Å². The van der Waals surface area contributed by atoms with Crippen LogP contribution in [0.5, 0.6) is 0 Å². The number of hydrogen-bond acceptors (Lipinski definition) is 3. The van der Waals surface area contributed by atoms with E-state index in [1.54, 1.807) is 0 Å². The summed E-state index contributed by atoms with van der Waals surface area (Å²) >= 11 is 8.35. The largest absolute Gasteiger partial charge is 0.370 e. The summed E-state index contributed by atoms with van der Waals surface area (Å²) < 4.78 is 1.18. The molecule has 0 amide bonds. The highest BCUT2D eigenvalue weighted by molar-refractivity contribution is 14.1. The summed E-state index contributed by atoms with van der Waals surface area (Å²) in [5.41, 5.74) is 1.24. The highest BCUT2D eigenvalue weighted by Gasteiger charge is 2.22. The lowest BCUT2D eigenvalue weighted by Gasteiger charge is -2.36. The van der Waals surface area contributed by atoms with Gasteiger partial charge in [0.05, 0.1) is 9.26 Å². The smallest absolute Gasteiger partial charge is 0.131 e. The van der Waals surface area contributed by atoms with Crippen LogP contribution in [0.25, 0.3) is 0 Å². The Morgan fingerprint density at radius 2 is 2.33 bits per heavy atom. The molecule has 0 aliphatic carbocycles. The zero-order valence-corrected chi connectivity index (χ0v) is 13.8. The minimum atomic E-state index is 0.583. The number of anilines is 1. The van der Waals surface area contributed by atoms with Crippen LogP contribution < -0.4 is 4.90 Å². The molecule has 1 aliphatic rings. The van der Waals surface area contributed by atoms with Gasteiger partial charge in [-0.15, -0.1) is 0 Å². The number of halogens is 2. The van der Waals surface area contributed by atoms with E-state index in [9.17, 15) is 0 Å². The molecule has 3 nitrogen and oxygen atoms in total. The summed E-state index contributed by atoms with van der Waals surface area (Å²) in [6.07, 6.45) is 4.44. The molecule has 0 unspecified atom stereocenters. The predicted molar refractivity (Wildman–Crippen MR) is 85.5 cm³/mol. The SMILES string of the molecule is CN(C)C[C@@H]1CCCN(c2cc(Cl)ncc2I)C1. The van der Waals surface area contributed by atoms with Gasteiger partial charge < -0.3 is 9.80 Å². The standard InChI is InChI=1S/C13H19ClIN3/c1-17(2)8-10-4-3-5-18(9-10)12-6-13(14)16-7-11(12)15/h6-7,10H,3-5,8-9H2,1-2H3/t10-/m0/s1. The third-order valence-electron chi connectivity index (χ3n) is 3.28. The Bertz CT molecular complexity index is 411. The summed E-state index contributed by atoms with van der Waals surface area (Å²) in [6.45, 7) is 3.40. The number of aromatic nitrogens is 1. The summed E-state index contributed by atoms with van der Waals surface area (Å²) in [6, 6.07) is 1.99. The second-order valence-corrected chi connectivity index (χ2v) is 6.72. The molecule has 0 bridgehead atoms. The lowest BCUT2D eigenvalue weighted by atomic mass is 9.97. The number of pyridine rings is 1. The molecule has 18 heavy (non-hydrogen) atoms. The van der Waals surface area contributed by atoms with E-state index in [0.717, 1.165) is 25.6 Å². The molecule has 5 heteroatoms. The Kier molecular flexibility index (Phi) is 5.09. The maximum absolute atomic E-state index is 6.01. The van der Waals surface area contributed by atoms with Crippen molar-refractivity contribution in [3.8, 4) is 0 Å². The van der Waals surface area contributed by atoms with Crippen LogP contribution in [0.4, 0.5) is 5.69 Å². The van der Waals surface area contributed by atoms with E-state index in [1.165, 1.54) is 22.1 Å². The predicted octanol–water partition coefficient (Wildman–Crippen LogP) is 3.12. The third kappa shape index (κ3) is 3.71. The Morgan fingerprint density at radius 3 is 3.06 bits per heavy atom. The van der Waals surface area contributed by atoms with Gasteiger partial charge >= 0.3 is 0 Å². The highest BCUT2D eigenvalue weighted by Crippen LogP contribution is 2.29. The molecular weight excluding hydrogens is 361 g/mol. The van der Waals surface area contributed by atoms with Gasteiger partial charge in [-0.3, -0.25) is 0 Å². The van der Waals surface area contributed by atoms with Crippen molar-refractivity contribution < 1.29 is 0 Å². The molecule has 0 spiro atoms. The number of rotatable bonds is 3. The van der Waals surface area contributed by atoms with E-state index in [2.05, 4.69) is 51.5 Å². The van der Waals surface area contributed by atoms with Crippen molar-refractivity contribution in [1.82, 2.24) is 9.88 Å². The van der Waals surface area contributed by atoms with Gasteiger partial charge in [-0.25, -0.2) is 4.98 Å².